The molecule has 1 aromatic heterocycles. The molecule has 0 amide bonds. The van der Waals surface area contributed by atoms with E-state index in [1.54, 1.807) is 12.4 Å². The molecule has 6 nitrogen and oxygen atoms in total. The molecule has 2 aliphatic heterocycles. The summed E-state index contributed by atoms with van der Waals surface area (Å²) in [5, 5.41) is 0. The molecule has 1 saturated carbocycles. The van der Waals surface area contributed by atoms with E-state index in [9.17, 15) is 0 Å². The van der Waals surface area contributed by atoms with E-state index in [-0.39, 0.29) is 5.60 Å². The van der Waals surface area contributed by atoms with Gasteiger partial charge in [0.05, 0.1) is 26.4 Å². The maximum Gasteiger partial charge on any atom is 0.225 e. The summed E-state index contributed by atoms with van der Waals surface area (Å²) in [7, 11) is 0. The molecule has 0 N–H and O–H groups in total. The number of nitrogens with zero attached hydrogens (tertiary/aromatic N) is 4. The predicted molar refractivity (Wildman–Crippen MR) is 82.9 cm³/mol. The van der Waals surface area contributed by atoms with Gasteiger partial charge in [-0.15, -0.1) is 0 Å². The lowest BCUT2D eigenvalue weighted by atomic mass is 10.0. The third-order valence-corrected chi connectivity index (χ3v) is 4.73. The number of hydrogen-bond donors (Lipinski definition) is 0. The molecule has 3 heterocycles. The molecule has 1 unspecified atom stereocenters. The van der Waals surface area contributed by atoms with Crippen LogP contribution in [0.4, 0.5) is 5.95 Å². The van der Waals surface area contributed by atoms with Crippen LogP contribution in [0.15, 0.2) is 18.5 Å². The Bertz CT molecular complexity index is 496. The van der Waals surface area contributed by atoms with Crippen LogP contribution in [-0.4, -0.2) is 73.0 Å². The third-order valence-electron chi connectivity index (χ3n) is 4.73. The summed E-state index contributed by atoms with van der Waals surface area (Å²) in [6.07, 6.45) is 6.37. The zero-order chi connectivity index (χ0) is 14.8. The van der Waals surface area contributed by atoms with Gasteiger partial charge in [-0.05, 0) is 24.8 Å². The molecule has 6 heteroatoms. The van der Waals surface area contributed by atoms with Crippen molar-refractivity contribution < 1.29 is 9.47 Å². The van der Waals surface area contributed by atoms with Crippen molar-refractivity contribution in [3.05, 3.63) is 18.5 Å². The van der Waals surface area contributed by atoms with Gasteiger partial charge >= 0.3 is 0 Å². The summed E-state index contributed by atoms with van der Waals surface area (Å²) >= 11 is 0. The molecule has 22 heavy (non-hydrogen) atoms. The molecular formula is C16H24N4O2. The number of rotatable bonds is 3. The first-order valence-electron chi connectivity index (χ1n) is 8.29. The van der Waals surface area contributed by atoms with Crippen LogP contribution in [0.1, 0.15) is 12.8 Å². The van der Waals surface area contributed by atoms with E-state index in [1.807, 2.05) is 6.07 Å². The van der Waals surface area contributed by atoms with E-state index in [2.05, 4.69) is 19.8 Å². The van der Waals surface area contributed by atoms with Gasteiger partial charge in [-0.2, -0.15) is 0 Å². The van der Waals surface area contributed by atoms with Crippen LogP contribution in [0, 0.1) is 5.92 Å². The SMILES string of the molecule is c1cnc(N2CCOCC3(CN(CC4CC4)CCO3)C2)nc1. The summed E-state index contributed by atoms with van der Waals surface area (Å²) in [6.45, 7) is 6.98. The molecule has 2 saturated heterocycles. The highest BCUT2D eigenvalue weighted by molar-refractivity contribution is 5.30. The van der Waals surface area contributed by atoms with Crippen LogP contribution in [0.5, 0.6) is 0 Å². The molecule has 0 aromatic carbocycles. The topological polar surface area (TPSA) is 50.7 Å². The minimum atomic E-state index is -0.247. The summed E-state index contributed by atoms with van der Waals surface area (Å²) in [5.74, 6) is 1.69. The number of hydrogen-bond acceptors (Lipinski definition) is 6. The summed E-state index contributed by atoms with van der Waals surface area (Å²) in [5.41, 5.74) is -0.247. The minimum Gasteiger partial charge on any atom is -0.376 e. The lowest BCUT2D eigenvalue weighted by Gasteiger charge is -2.43. The third kappa shape index (κ3) is 3.24. The molecule has 1 atom stereocenters. The lowest BCUT2D eigenvalue weighted by Crippen LogP contribution is -2.59. The Kier molecular flexibility index (Phi) is 3.98. The highest BCUT2D eigenvalue weighted by atomic mass is 16.5. The second kappa shape index (κ2) is 6.10. The van der Waals surface area contributed by atoms with Crippen molar-refractivity contribution in [2.24, 2.45) is 5.92 Å². The highest BCUT2D eigenvalue weighted by Crippen LogP contribution is 2.32. The van der Waals surface area contributed by atoms with Crippen molar-refractivity contribution in [3.63, 3.8) is 0 Å². The van der Waals surface area contributed by atoms with Gasteiger partial charge in [0.1, 0.15) is 5.60 Å². The van der Waals surface area contributed by atoms with Crippen LogP contribution >= 0.6 is 0 Å². The smallest absolute Gasteiger partial charge is 0.225 e. The maximum absolute atomic E-state index is 6.21. The van der Waals surface area contributed by atoms with Crippen LogP contribution in [0.25, 0.3) is 0 Å². The second-order valence-electron chi connectivity index (χ2n) is 6.73. The van der Waals surface area contributed by atoms with Crippen molar-refractivity contribution in [2.45, 2.75) is 18.4 Å². The summed E-state index contributed by atoms with van der Waals surface area (Å²) in [6, 6.07) is 1.85. The molecule has 3 fully saturated rings. The van der Waals surface area contributed by atoms with Crippen molar-refractivity contribution in [1.29, 1.82) is 0 Å². The molecule has 1 aliphatic carbocycles. The van der Waals surface area contributed by atoms with E-state index in [0.717, 1.165) is 44.7 Å². The van der Waals surface area contributed by atoms with Gasteiger partial charge in [-0.1, -0.05) is 0 Å². The van der Waals surface area contributed by atoms with Crippen LogP contribution in [0.3, 0.4) is 0 Å². The molecular weight excluding hydrogens is 280 g/mol. The Morgan fingerprint density at radius 3 is 2.82 bits per heavy atom. The van der Waals surface area contributed by atoms with Gasteiger partial charge in [0.15, 0.2) is 0 Å². The quantitative estimate of drug-likeness (QED) is 0.823. The average Bonchev–Trinajstić information content (AvgIpc) is 3.37. The van der Waals surface area contributed by atoms with Gasteiger partial charge in [-0.3, -0.25) is 4.90 Å². The molecule has 4 rings (SSSR count). The van der Waals surface area contributed by atoms with Gasteiger partial charge in [-0.25, -0.2) is 9.97 Å². The molecule has 3 aliphatic rings. The molecule has 1 aromatic rings. The van der Waals surface area contributed by atoms with Gasteiger partial charge in [0.2, 0.25) is 5.95 Å². The average molecular weight is 304 g/mol. The number of aromatic nitrogens is 2. The Labute approximate surface area is 131 Å². The number of anilines is 1. The van der Waals surface area contributed by atoms with Crippen molar-refractivity contribution in [3.8, 4) is 0 Å². The maximum atomic E-state index is 6.21. The van der Waals surface area contributed by atoms with Crippen molar-refractivity contribution >= 4 is 5.95 Å². The van der Waals surface area contributed by atoms with E-state index in [1.165, 1.54) is 19.4 Å². The fraction of sp³-hybridized carbons (Fsp3) is 0.750. The zero-order valence-corrected chi connectivity index (χ0v) is 13.0. The fourth-order valence-corrected chi connectivity index (χ4v) is 3.46. The molecule has 1 spiro atoms. The van der Waals surface area contributed by atoms with Crippen LogP contribution < -0.4 is 4.90 Å². The van der Waals surface area contributed by atoms with Crippen molar-refractivity contribution in [1.82, 2.24) is 14.9 Å². The predicted octanol–water partition coefficient (Wildman–Crippen LogP) is 0.794. The lowest BCUT2D eigenvalue weighted by molar-refractivity contribution is -0.133. The minimum absolute atomic E-state index is 0.247. The Morgan fingerprint density at radius 2 is 2.00 bits per heavy atom. The largest absolute Gasteiger partial charge is 0.376 e. The standard InChI is InChI=1S/C16H24N4O2/c1-4-17-15(18-5-1)20-7-8-21-13-16(12-20)11-19(6-9-22-16)10-14-2-3-14/h1,4-5,14H,2-3,6-13H2. The van der Waals surface area contributed by atoms with Crippen LogP contribution in [0.2, 0.25) is 0 Å². The first-order chi connectivity index (χ1) is 10.8. The summed E-state index contributed by atoms with van der Waals surface area (Å²) < 4.78 is 12.1. The highest BCUT2D eigenvalue weighted by Gasteiger charge is 2.41. The van der Waals surface area contributed by atoms with E-state index < -0.39 is 0 Å². The van der Waals surface area contributed by atoms with Crippen LogP contribution in [-0.2, 0) is 9.47 Å². The monoisotopic (exact) mass is 304 g/mol. The first kappa shape index (κ1) is 14.4. The number of ether oxygens (including phenoxy) is 2. The summed E-state index contributed by atoms with van der Waals surface area (Å²) in [4.78, 5) is 13.5. The van der Waals surface area contributed by atoms with Gasteiger partial charge in [0.25, 0.3) is 0 Å². The zero-order valence-electron chi connectivity index (χ0n) is 13.0. The molecule has 0 radical (unpaired) electrons. The van der Waals surface area contributed by atoms with E-state index in [4.69, 9.17) is 9.47 Å². The Morgan fingerprint density at radius 1 is 1.14 bits per heavy atom. The fourth-order valence-electron chi connectivity index (χ4n) is 3.46. The normalized spacial score (nSPS) is 30.5. The second-order valence-corrected chi connectivity index (χ2v) is 6.73. The van der Waals surface area contributed by atoms with E-state index >= 15 is 0 Å². The number of morpholine rings is 1. The first-order valence-corrected chi connectivity index (χ1v) is 8.29. The van der Waals surface area contributed by atoms with Gasteiger partial charge in [0, 0.05) is 38.6 Å². The van der Waals surface area contributed by atoms with E-state index in [0.29, 0.717) is 13.2 Å². The molecule has 120 valence electrons. The van der Waals surface area contributed by atoms with Crippen molar-refractivity contribution in [2.75, 3.05) is 57.4 Å². The Balaban J connectivity index is 1.49. The Hall–Kier alpha value is -1.24. The van der Waals surface area contributed by atoms with Gasteiger partial charge < -0.3 is 14.4 Å². The molecule has 0 bridgehead atoms.